The smallest absolute Gasteiger partial charge is 0.0261 e. The Labute approximate surface area is 62.6 Å². The molecule has 2 nitrogen and oxygen atoms in total. The van der Waals surface area contributed by atoms with E-state index in [9.17, 15) is 0 Å². The zero-order valence-corrected chi connectivity index (χ0v) is 6.21. The summed E-state index contributed by atoms with van der Waals surface area (Å²) in [4.78, 5) is 2.37. The Kier molecular flexibility index (Phi) is 3.28. The van der Waals surface area contributed by atoms with E-state index in [1.165, 1.54) is 0 Å². The molecule has 0 aliphatic carbocycles. The van der Waals surface area contributed by atoms with Crippen molar-refractivity contribution in [2.24, 2.45) is 0 Å². The minimum Gasteiger partial charge on any atom is -0.300 e. The van der Waals surface area contributed by atoms with Crippen LogP contribution in [0, 0.1) is 12.3 Å². The maximum Gasteiger partial charge on any atom is 0.0261 e. The lowest BCUT2D eigenvalue weighted by atomic mass is 10.3. The molecule has 1 fully saturated rings. The van der Waals surface area contributed by atoms with Crippen LogP contribution in [0.3, 0.4) is 0 Å². The molecule has 55 valence electrons. The number of terminal acetylenes is 1. The summed E-state index contributed by atoms with van der Waals surface area (Å²) >= 11 is 0. The fourth-order valence-electron chi connectivity index (χ4n) is 1.09. The largest absolute Gasteiger partial charge is 0.300 e. The van der Waals surface area contributed by atoms with Gasteiger partial charge in [0, 0.05) is 39.1 Å². The first-order chi connectivity index (χ1) is 4.93. The molecule has 1 aliphatic heterocycles. The van der Waals surface area contributed by atoms with Crippen LogP contribution in [0.25, 0.3) is 0 Å². The molecule has 0 N–H and O–H groups in total. The van der Waals surface area contributed by atoms with E-state index in [2.05, 4.69) is 16.1 Å². The molecular weight excluding hydrogens is 124 g/mol. The lowest BCUT2D eigenvalue weighted by molar-refractivity contribution is 0.244. The second kappa shape index (κ2) is 4.32. The Balaban J connectivity index is 2.09. The van der Waals surface area contributed by atoms with Crippen molar-refractivity contribution in [1.82, 2.24) is 10.2 Å². The van der Waals surface area contributed by atoms with Gasteiger partial charge in [0.15, 0.2) is 0 Å². The van der Waals surface area contributed by atoms with Crippen LogP contribution in [0.4, 0.5) is 0 Å². The topological polar surface area (TPSA) is 17.3 Å². The highest BCUT2D eigenvalue weighted by Gasteiger charge is 2.07. The third-order valence-electron chi connectivity index (χ3n) is 1.72. The van der Waals surface area contributed by atoms with Gasteiger partial charge in [0.2, 0.25) is 0 Å². The van der Waals surface area contributed by atoms with Crippen LogP contribution in [-0.4, -0.2) is 37.6 Å². The van der Waals surface area contributed by atoms with Crippen molar-refractivity contribution in [2.45, 2.75) is 6.42 Å². The summed E-state index contributed by atoms with van der Waals surface area (Å²) in [5, 5.41) is 4.24. The molecule has 0 unspecified atom stereocenters. The summed E-state index contributed by atoms with van der Waals surface area (Å²) in [5.74, 6) is 2.64. The van der Waals surface area contributed by atoms with E-state index in [-0.39, 0.29) is 0 Å². The van der Waals surface area contributed by atoms with Gasteiger partial charge in [-0.25, -0.2) is 5.32 Å². The normalized spacial score (nSPS) is 20.3. The van der Waals surface area contributed by atoms with E-state index >= 15 is 0 Å². The van der Waals surface area contributed by atoms with Gasteiger partial charge >= 0.3 is 0 Å². The molecule has 2 heteroatoms. The van der Waals surface area contributed by atoms with E-state index in [0.29, 0.717) is 0 Å². The predicted octanol–water partition coefficient (Wildman–Crippen LogP) is -0.0703. The number of hydrogen-bond donors (Lipinski definition) is 0. The average Bonchev–Trinajstić information content (AvgIpc) is 2.03. The Hall–Kier alpha value is -0.520. The first-order valence-electron chi connectivity index (χ1n) is 3.72. The summed E-state index contributed by atoms with van der Waals surface area (Å²) < 4.78 is 0. The zero-order valence-electron chi connectivity index (χ0n) is 6.21. The van der Waals surface area contributed by atoms with E-state index in [4.69, 9.17) is 6.42 Å². The van der Waals surface area contributed by atoms with Gasteiger partial charge in [0.1, 0.15) is 0 Å². The van der Waals surface area contributed by atoms with Crippen molar-refractivity contribution < 1.29 is 0 Å². The third-order valence-corrected chi connectivity index (χ3v) is 1.72. The number of nitrogens with zero attached hydrogens (tertiary/aromatic N) is 2. The summed E-state index contributed by atoms with van der Waals surface area (Å²) in [7, 11) is 0. The molecule has 0 atom stereocenters. The van der Waals surface area contributed by atoms with E-state index in [1.54, 1.807) is 0 Å². The number of hydrogen-bond acceptors (Lipinski definition) is 1. The second-order valence-corrected chi connectivity index (χ2v) is 2.47. The Morgan fingerprint density at radius 3 is 2.70 bits per heavy atom. The molecule has 0 aromatic carbocycles. The monoisotopic (exact) mass is 137 g/mol. The summed E-state index contributed by atoms with van der Waals surface area (Å²) in [6, 6.07) is 0. The first kappa shape index (κ1) is 7.59. The third kappa shape index (κ3) is 2.38. The minimum absolute atomic E-state index is 0.875. The number of rotatable bonds is 2. The Morgan fingerprint density at radius 1 is 1.40 bits per heavy atom. The van der Waals surface area contributed by atoms with Gasteiger partial charge in [0.05, 0.1) is 0 Å². The molecular formula is C8H13N2. The molecule has 10 heavy (non-hydrogen) atoms. The summed E-state index contributed by atoms with van der Waals surface area (Å²) in [6.07, 6.45) is 6.02. The highest BCUT2D eigenvalue weighted by molar-refractivity contribution is 4.85. The molecule has 1 radical (unpaired) electrons. The van der Waals surface area contributed by atoms with Crippen LogP contribution < -0.4 is 5.32 Å². The highest BCUT2D eigenvalue weighted by Crippen LogP contribution is 1.93. The molecule has 0 spiro atoms. The standard InChI is InChI=1S/C8H13N2/c1-2-3-6-10-7-4-9-5-8-10/h1H,3-8H2. The summed E-state index contributed by atoms with van der Waals surface area (Å²) in [5.41, 5.74) is 0. The van der Waals surface area contributed by atoms with Crippen molar-refractivity contribution in [1.29, 1.82) is 0 Å². The van der Waals surface area contributed by atoms with E-state index in [1.807, 2.05) is 0 Å². The fourth-order valence-corrected chi connectivity index (χ4v) is 1.09. The van der Waals surface area contributed by atoms with Crippen molar-refractivity contribution in [3.8, 4) is 12.3 Å². The second-order valence-electron chi connectivity index (χ2n) is 2.47. The van der Waals surface area contributed by atoms with Crippen LogP contribution in [0.2, 0.25) is 0 Å². The van der Waals surface area contributed by atoms with Crippen LogP contribution >= 0.6 is 0 Å². The van der Waals surface area contributed by atoms with Gasteiger partial charge in [-0.1, -0.05) is 0 Å². The van der Waals surface area contributed by atoms with Crippen LogP contribution in [0.1, 0.15) is 6.42 Å². The zero-order chi connectivity index (χ0) is 7.23. The molecule has 1 aliphatic rings. The molecule has 0 bridgehead atoms. The molecule has 1 heterocycles. The SMILES string of the molecule is C#CCCN1CC[N]CC1. The van der Waals surface area contributed by atoms with E-state index < -0.39 is 0 Å². The van der Waals surface area contributed by atoms with Gasteiger partial charge < -0.3 is 0 Å². The van der Waals surface area contributed by atoms with Crippen molar-refractivity contribution in [3.63, 3.8) is 0 Å². The number of piperazine rings is 1. The molecule has 0 amide bonds. The summed E-state index contributed by atoms with van der Waals surface area (Å²) in [6.45, 7) is 5.23. The molecule has 1 saturated heterocycles. The van der Waals surface area contributed by atoms with Gasteiger partial charge in [-0.05, 0) is 0 Å². The van der Waals surface area contributed by atoms with Gasteiger partial charge in [-0.2, -0.15) is 0 Å². The first-order valence-corrected chi connectivity index (χ1v) is 3.72. The minimum atomic E-state index is 0.875. The van der Waals surface area contributed by atoms with Gasteiger partial charge in [-0.3, -0.25) is 4.90 Å². The molecule has 0 aromatic rings. The average molecular weight is 137 g/mol. The van der Waals surface area contributed by atoms with E-state index in [0.717, 1.165) is 39.1 Å². The van der Waals surface area contributed by atoms with Gasteiger partial charge in [-0.15, -0.1) is 12.3 Å². The van der Waals surface area contributed by atoms with Crippen LogP contribution in [0.5, 0.6) is 0 Å². The molecule has 0 aromatic heterocycles. The molecule has 1 rings (SSSR count). The Bertz CT molecular complexity index is 120. The fraction of sp³-hybridized carbons (Fsp3) is 0.750. The lowest BCUT2D eigenvalue weighted by Gasteiger charge is -2.25. The Morgan fingerprint density at radius 2 is 2.10 bits per heavy atom. The predicted molar refractivity (Wildman–Crippen MR) is 41.8 cm³/mol. The van der Waals surface area contributed by atoms with Gasteiger partial charge in [0.25, 0.3) is 0 Å². The van der Waals surface area contributed by atoms with Crippen molar-refractivity contribution in [2.75, 3.05) is 32.7 Å². The lowest BCUT2D eigenvalue weighted by Crippen LogP contribution is -2.40. The van der Waals surface area contributed by atoms with Crippen molar-refractivity contribution >= 4 is 0 Å². The maximum absolute atomic E-state index is 5.15. The maximum atomic E-state index is 5.15. The van der Waals surface area contributed by atoms with Crippen LogP contribution in [-0.2, 0) is 0 Å². The molecule has 0 saturated carbocycles. The van der Waals surface area contributed by atoms with Crippen LogP contribution in [0.15, 0.2) is 0 Å². The highest BCUT2D eigenvalue weighted by atomic mass is 15.2. The van der Waals surface area contributed by atoms with Crippen molar-refractivity contribution in [3.05, 3.63) is 0 Å². The quantitative estimate of drug-likeness (QED) is 0.487.